The summed E-state index contributed by atoms with van der Waals surface area (Å²) in [6, 6.07) is 13.1. The SMILES string of the molecule is C=CC(O)Nc1ccccc1Nc1ncc2c(n1)N(CC1CCNCC1)C(O)N(c1cc(OC)cc(OC)c1)C2. The number of piperidine rings is 1. The molecule has 40 heavy (non-hydrogen) atoms. The number of hydrogen-bond donors (Lipinski definition) is 5. The Morgan fingerprint density at radius 3 is 2.50 bits per heavy atom. The highest BCUT2D eigenvalue weighted by Gasteiger charge is 2.35. The van der Waals surface area contributed by atoms with Gasteiger partial charge in [0, 0.05) is 42.2 Å². The minimum absolute atomic E-state index is 0.389. The van der Waals surface area contributed by atoms with E-state index in [1.54, 1.807) is 20.4 Å². The van der Waals surface area contributed by atoms with E-state index in [1.807, 2.05) is 52.3 Å². The highest BCUT2D eigenvalue weighted by atomic mass is 16.5. The maximum atomic E-state index is 11.8. The smallest absolute Gasteiger partial charge is 0.229 e. The van der Waals surface area contributed by atoms with Crippen LogP contribution in [0.1, 0.15) is 18.4 Å². The largest absolute Gasteiger partial charge is 0.497 e. The van der Waals surface area contributed by atoms with Crippen LogP contribution in [0.5, 0.6) is 11.5 Å². The lowest BCUT2D eigenvalue weighted by molar-refractivity contribution is 0.146. The molecular formula is C29H37N7O4. The Bertz CT molecular complexity index is 1300. The van der Waals surface area contributed by atoms with E-state index >= 15 is 0 Å². The first-order valence-corrected chi connectivity index (χ1v) is 13.4. The monoisotopic (exact) mass is 547 g/mol. The molecule has 3 heterocycles. The standard InChI is InChI=1S/C29H37N7O4/c1-4-26(37)32-24-7-5-6-8-25(24)33-28-31-16-20-18-35(21-13-22(39-2)15-23(14-21)40-3)29(38)36(27(20)34-28)17-19-9-11-30-12-10-19/h4-8,13-16,19,26,29-30,32,37-38H,1,9-12,17-18H2,2-3H3,(H,31,33,34). The Kier molecular flexibility index (Phi) is 8.54. The number of methoxy groups -OCH3 is 2. The molecule has 5 rings (SSSR count). The third kappa shape index (κ3) is 6.06. The van der Waals surface area contributed by atoms with Gasteiger partial charge in [0.15, 0.2) is 0 Å². The van der Waals surface area contributed by atoms with Crippen LogP contribution in [0.15, 0.2) is 61.3 Å². The van der Waals surface area contributed by atoms with Gasteiger partial charge in [-0.1, -0.05) is 18.7 Å². The summed E-state index contributed by atoms with van der Waals surface area (Å²) >= 11 is 0. The van der Waals surface area contributed by atoms with Gasteiger partial charge in [0.25, 0.3) is 0 Å². The number of ether oxygens (including phenoxy) is 2. The van der Waals surface area contributed by atoms with Crippen molar-refractivity contribution in [1.82, 2.24) is 15.3 Å². The number of aliphatic hydroxyl groups is 2. The number of aliphatic hydroxyl groups excluding tert-OH is 2. The van der Waals surface area contributed by atoms with Crippen LogP contribution in [0.3, 0.4) is 0 Å². The van der Waals surface area contributed by atoms with Crippen LogP contribution in [0.25, 0.3) is 0 Å². The van der Waals surface area contributed by atoms with Crippen LogP contribution >= 0.6 is 0 Å². The molecule has 0 bridgehead atoms. The second kappa shape index (κ2) is 12.4. The Morgan fingerprint density at radius 2 is 1.82 bits per heavy atom. The molecule has 2 aromatic carbocycles. The zero-order chi connectivity index (χ0) is 28.1. The van der Waals surface area contributed by atoms with Crippen molar-refractivity contribution in [2.75, 3.05) is 54.3 Å². The summed E-state index contributed by atoms with van der Waals surface area (Å²) in [5.41, 5.74) is 3.04. The van der Waals surface area contributed by atoms with E-state index in [0.717, 1.165) is 37.2 Å². The number of anilines is 5. The first-order chi connectivity index (χ1) is 19.5. The van der Waals surface area contributed by atoms with Crippen LogP contribution in [0.2, 0.25) is 0 Å². The number of fused-ring (bicyclic) bond motifs is 1. The Hall–Kier alpha value is -4.06. The topological polar surface area (TPSA) is 127 Å². The van der Waals surface area contributed by atoms with Gasteiger partial charge in [-0.3, -0.25) is 0 Å². The molecule has 212 valence electrons. The number of benzene rings is 2. The number of aromatic nitrogens is 2. The van der Waals surface area contributed by atoms with Crippen molar-refractivity contribution < 1.29 is 19.7 Å². The lowest BCUT2D eigenvalue weighted by Crippen LogP contribution is -2.54. The Morgan fingerprint density at radius 1 is 1.12 bits per heavy atom. The number of para-hydroxylation sites is 2. The average Bonchev–Trinajstić information content (AvgIpc) is 2.99. The zero-order valence-electron chi connectivity index (χ0n) is 22.9. The summed E-state index contributed by atoms with van der Waals surface area (Å²) in [6.45, 7) is 6.58. The molecule has 11 nitrogen and oxygen atoms in total. The van der Waals surface area contributed by atoms with Crippen LogP contribution in [-0.4, -0.2) is 66.6 Å². The molecule has 11 heteroatoms. The van der Waals surface area contributed by atoms with Gasteiger partial charge in [0.1, 0.15) is 23.5 Å². The normalized spacial score (nSPS) is 18.1. The summed E-state index contributed by atoms with van der Waals surface area (Å²) in [7, 11) is 3.22. The first-order valence-electron chi connectivity index (χ1n) is 13.4. The molecule has 3 aromatic rings. The van der Waals surface area contributed by atoms with Crippen molar-refractivity contribution in [3.63, 3.8) is 0 Å². The maximum Gasteiger partial charge on any atom is 0.229 e. The number of hydrogen-bond acceptors (Lipinski definition) is 11. The Balaban J connectivity index is 1.49. The van der Waals surface area contributed by atoms with E-state index in [0.29, 0.717) is 53.6 Å². The molecule has 1 fully saturated rings. The lowest BCUT2D eigenvalue weighted by atomic mass is 9.97. The molecule has 0 amide bonds. The molecule has 2 unspecified atom stereocenters. The maximum absolute atomic E-state index is 11.8. The molecule has 1 aromatic heterocycles. The van der Waals surface area contributed by atoms with Crippen molar-refractivity contribution in [3.05, 3.63) is 66.9 Å². The predicted octanol–water partition coefficient (Wildman–Crippen LogP) is 3.26. The van der Waals surface area contributed by atoms with Gasteiger partial charge in [-0.25, -0.2) is 4.98 Å². The van der Waals surface area contributed by atoms with Gasteiger partial charge in [-0.2, -0.15) is 4.98 Å². The van der Waals surface area contributed by atoms with E-state index < -0.39 is 12.6 Å². The minimum atomic E-state index is -0.960. The molecule has 0 radical (unpaired) electrons. The van der Waals surface area contributed by atoms with Crippen molar-refractivity contribution in [3.8, 4) is 11.5 Å². The summed E-state index contributed by atoms with van der Waals surface area (Å²) in [6.07, 6.45) is 3.39. The molecule has 0 saturated carbocycles. The molecule has 0 aliphatic carbocycles. The molecule has 0 spiro atoms. The zero-order valence-corrected chi connectivity index (χ0v) is 22.9. The minimum Gasteiger partial charge on any atom is -0.497 e. The van der Waals surface area contributed by atoms with Crippen molar-refractivity contribution in [1.29, 1.82) is 0 Å². The average molecular weight is 548 g/mol. The van der Waals surface area contributed by atoms with Gasteiger partial charge in [-0.15, -0.1) is 0 Å². The third-order valence-electron chi connectivity index (χ3n) is 7.29. The molecule has 2 aliphatic heterocycles. The van der Waals surface area contributed by atoms with Gasteiger partial charge in [0.05, 0.1) is 32.1 Å². The summed E-state index contributed by atoms with van der Waals surface area (Å²) in [5.74, 6) is 2.76. The first kappa shape index (κ1) is 27.5. The highest BCUT2D eigenvalue weighted by Crippen LogP contribution is 2.37. The number of nitrogens with one attached hydrogen (secondary N) is 3. The molecule has 5 N–H and O–H groups in total. The summed E-state index contributed by atoms with van der Waals surface area (Å²) in [5, 5.41) is 31.5. The molecule has 1 saturated heterocycles. The predicted molar refractivity (Wildman–Crippen MR) is 156 cm³/mol. The summed E-state index contributed by atoms with van der Waals surface area (Å²) in [4.78, 5) is 13.3. The van der Waals surface area contributed by atoms with E-state index in [2.05, 4.69) is 27.5 Å². The fourth-order valence-corrected chi connectivity index (χ4v) is 5.12. The van der Waals surface area contributed by atoms with Crippen molar-refractivity contribution >= 4 is 28.8 Å². The van der Waals surface area contributed by atoms with Gasteiger partial charge >= 0.3 is 0 Å². The van der Waals surface area contributed by atoms with E-state index in [9.17, 15) is 10.2 Å². The number of nitrogens with zero attached hydrogens (tertiary/aromatic N) is 4. The van der Waals surface area contributed by atoms with E-state index in [-0.39, 0.29) is 0 Å². The quantitative estimate of drug-likeness (QED) is 0.190. The van der Waals surface area contributed by atoms with Crippen molar-refractivity contribution in [2.45, 2.75) is 32.0 Å². The number of rotatable bonds is 10. The molecular weight excluding hydrogens is 510 g/mol. The second-order valence-electron chi connectivity index (χ2n) is 9.93. The van der Waals surface area contributed by atoms with Crippen LogP contribution in [0.4, 0.5) is 28.8 Å². The van der Waals surface area contributed by atoms with Crippen molar-refractivity contribution in [2.24, 2.45) is 5.92 Å². The molecule has 2 aliphatic rings. The van der Waals surface area contributed by atoms with Crippen LogP contribution < -0.4 is 35.2 Å². The van der Waals surface area contributed by atoms with Gasteiger partial charge in [-0.05, 0) is 50.1 Å². The lowest BCUT2D eigenvalue weighted by Gasteiger charge is -2.44. The van der Waals surface area contributed by atoms with Crippen LogP contribution in [0, 0.1) is 5.92 Å². The van der Waals surface area contributed by atoms with E-state index in [1.165, 1.54) is 6.08 Å². The molecule has 2 atom stereocenters. The third-order valence-corrected chi connectivity index (χ3v) is 7.29. The van der Waals surface area contributed by atoms with E-state index in [4.69, 9.17) is 14.5 Å². The highest BCUT2D eigenvalue weighted by molar-refractivity contribution is 5.73. The van der Waals surface area contributed by atoms with Gasteiger partial charge < -0.3 is 45.4 Å². The fraction of sp³-hybridized carbons (Fsp3) is 0.379. The Labute approximate surface area is 234 Å². The second-order valence-corrected chi connectivity index (χ2v) is 9.93. The van der Waals surface area contributed by atoms with Crippen LogP contribution in [-0.2, 0) is 6.54 Å². The van der Waals surface area contributed by atoms with Gasteiger partial charge in [0.2, 0.25) is 12.3 Å². The fourth-order valence-electron chi connectivity index (χ4n) is 5.12. The summed E-state index contributed by atoms with van der Waals surface area (Å²) < 4.78 is 11.0.